The van der Waals surface area contributed by atoms with Gasteiger partial charge in [0.2, 0.25) is 0 Å². The van der Waals surface area contributed by atoms with Crippen LogP contribution in [-0.4, -0.2) is 46.9 Å². The van der Waals surface area contributed by atoms with Crippen LogP contribution in [-0.2, 0) is 11.3 Å². The molecule has 11 heteroatoms. The number of hydrogen-bond donors (Lipinski definition) is 4. The van der Waals surface area contributed by atoms with Crippen LogP contribution in [0.3, 0.4) is 0 Å². The number of anilines is 2. The van der Waals surface area contributed by atoms with Gasteiger partial charge in [-0.2, -0.15) is 14.7 Å². The molecule has 2 aromatic heterocycles. The molecule has 0 saturated carbocycles. The van der Waals surface area contributed by atoms with E-state index in [0.717, 1.165) is 5.56 Å². The summed E-state index contributed by atoms with van der Waals surface area (Å²) in [7, 11) is -3.07. The summed E-state index contributed by atoms with van der Waals surface area (Å²) in [4.78, 5) is 16.0. The first kappa shape index (κ1) is 22.9. The molecular formula is C23H28N6O4S. The maximum Gasteiger partial charge on any atom is 0.261 e. The average molecular weight is 485 g/mol. The Balaban J connectivity index is 1.54. The van der Waals surface area contributed by atoms with E-state index in [1.165, 1.54) is 0 Å². The zero-order valence-corrected chi connectivity index (χ0v) is 20.1. The lowest BCUT2D eigenvalue weighted by Crippen LogP contribution is -2.39. The molecule has 1 aromatic carbocycles. The van der Waals surface area contributed by atoms with Crippen molar-refractivity contribution in [3.63, 3.8) is 0 Å². The third kappa shape index (κ3) is 3.68. The monoisotopic (exact) mass is 484 g/mol. The summed E-state index contributed by atoms with van der Waals surface area (Å²) < 4.78 is 30.7. The average Bonchev–Trinajstić information content (AvgIpc) is 3.29. The Morgan fingerprint density at radius 2 is 2.12 bits per heavy atom. The molecule has 0 spiro atoms. The predicted octanol–water partition coefficient (Wildman–Crippen LogP) is 4.21. The molecule has 3 aromatic rings. The standard InChI is InChI=1S/C23H28N6O4S/c1-23(2,3)28-12-15-10-16(4-5-19(15)34(28,31)32)26-21-20-17(6-8-25-22(20)30)29(27-21)18-13-33-9-7-14(18)11-24/h4-6,8,10,14,18,31-32H,7,9,12-13H2,1-3H3,(H,25,30)(H,26,27)/t14-,18+/m1/s1. The molecule has 2 aliphatic heterocycles. The van der Waals surface area contributed by atoms with E-state index in [2.05, 4.69) is 16.4 Å². The molecular weight excluding hydrogens is 456 g/mol. The minimum atomic E-state index is -3.07. The molecule has 1 fully saturated rings. The van der Waals surface area contributed by atoms with Crippen molar-refractivity contribution in [2.75, 3.05) is 18.5 Å². The quantitative estimate of drug-likeness (QED) is 0.434. The second kappa shape index (κ2) is 8.11. The van der Waals surface area contributed by atoms with Gasteiger partial charge in [-0.3, -0.25) is 18.6 Å². The van der Waals surface area contributed by atoms with Gasteiger partial charge in [-0.1, -0.05) is 0 Å². The van der Waals surface area contributed by atoms with Crippen molar-refractivity contribution >= 4 is 33.2 Å². The van der Waals surface area contributed by atoms with Crippen LogP contribution in [0.5, 0.6) is 0 Å². The van der Waals surface area contributed by atoms with Crippen LogP contribution in [0, 0.1) is 17.2 Å². The fraction of sp³-hybridized carbons (Fsp3) is 0.435. The summed E-state index contributed by atoms with van der Waals surface area (Å²) in [5.41, 5.74) is 1.40. The number of benzene rings is 1. The van der Waals surface area contributed by atoms with Gasteiger partial charge in [0, 0.05) is 30.6 Å². The van der Waals surface area contributed by atoms with E-state index in [1.807, 2.05) is 26.8 Å². The fourth-order valence-corrected chi connectivity index (χ4v) is 6.77. The number of rotatable bonds is 3. The van der Waals surface area contributed by atoms with Crippen molar-refractivity contribution in [1.82, 2.24) is 19.1 Å². The lowest BCUT2D eigenvalue weighted by Gasteiger charge is -2.44. The van der Waals surface area contributed by atoms with E-state index < -0.39 is 16.3 Å². The molecule has 10 nitrogen and oxygen atoms in total. The van der Waals surface area contributed by atoms with E-state index >= 15 is 0 Å². The van der Waals surface area contributed by atoms with Crippen LogP contribution in [0.25, 0.3) is 10.9 Å². The highest BCUT2D eigenvalue weighted by atomic mass is 32.3. The Bertz CT molecular complexity index is 1350. The minimum absolute atomic E-state index is 0.266. The topological polar surface area (TPSA) is 139 Å². The second-order valence-electron chi connectivity index (χ2n) is 9.70. The van der Waals surface area contributed by atoms with E-state index in [0.29, 0.717) is 53.5 Å². The number of H-pyrrole nitrogens is 1. The van der Waals surface area contributed by atoms with Crippen LogP contribution in [0.2, 0.25) is 0 Å². The lowest BCUT2D eigenvalue weighted by atomic mass is 9.96. The predicted molar refractivity (Wildman–Crippen MR) is 130 cm³/mol. The first-order chi connectivity index (χ1) is 16.1. The maximum atomic E-state index is 12.7. The molecule has 34 heavy (non-hydrogen) atoms. The van der Waals surface area contributed by atoms with Crippen LogP contribution in [0.4, 0.5) is 11.5 Å². The summed E-state index contributed by atoms with van der Waals surface area (Å²) in [5, 5.41) is 18.0. The number of nitriles is 1. The molecule has 180 valence electrons. The number of fused-ring (bicyclic) bond motifs is 2. The Hall–Kier alpha value is -2.88. The van der Waals surface area contributed by atoms with Gasteiger partial charge in [-0.25, -0.2) is 0 Å². The molecule has 0 bridgehead atoms. The van der Waals surface area contributed by atoms with Gasteiger partial charge in [0.05, 0.1) is 35.0 Å². The van der Waals surface area contributed by atoms with Gasteiger partial charge in [0.15, 0.2) is 5.82 Å². The maximum absolute atomic E-state index is 12.7. The molecule has 0 aliphatic carbocycles. The first-order valence-corrected chi connectivity index (χ1v) is 12.6. The van der Waals surface area contributed by atoms with Crippen molar-refractivity contribution in [2.45, 2.75) is 50.2 Å². The smallest absolute Gasteiger partial charge is 0.261 e. The highest BCUT2D eigenvalue weighted by Gasteiger charge is 2.41. The van der Waals surface area contributed by atoms with E-state index in [9.17, 15) is 19.2 Å². The van der Waals surface area contributed by atoms with Gasteiger partial charge in [-0.15, -0.1) is 10.8 Å². The Morgan fingerprint density at radius 1 is 1.32 bits per heavy atom. The zero-order chi connectivity index (χ0) is 24.3. The van der Waals surface area contributed by atoms with Crippen LogP contribution in [0.15, 0.2) is 40.2 Å². The van der Waals surface area contributed by atoms with Crippen LogP contribution >= 0.6 is 10.8 Å². The number of nitrogens with one attached hydrogen (secondary N) is 2. The second-order valence-corrected chi connectivity index (χ2v) is 11.6. The fourth-order valence-electron chi connectivity index (χ4n) is 4.72. The zero-order valence-electron chi connectivity index (χ0n) is 19.3. The van der Waals surface area contributed by atoms with Crippen LogP contribution < -0.4 is 10.9 Å². The normalized spacial score (nSPS) is 23.4. The Labute approximate surface area is 198 Å². The van der Waals surface area contributed by atoms with Gasteiger partial charge in [0.25, 0.3) is 5.56 Å². The number of hydrogen-bond acceptors (Lipinski definition) is 8. The van der Waals surface area contributed by atoms with Crippen molar-refractivity contribution < 1.29 is 13.8 Å². The van der Waals surface area contributed by atoms with Gasteiger partial charge in [-0.05, 0) is 57.0 Å². The third-order valence-corrected chi connectivity index (χ3v) is 8.70. The van der Waals surface area contributed by atoms with Crippen molar-refractivity contribution in [1.29, 1.82) is 5.26 Å². The number of aromatic nitrogens is 3. The third-order valence-electron chi connectivity index (χ3n) is 6.42. The van der Waals surface area contributed by atoms with Crippen molar-refractivity contribution in [3.05, 3.63) is 46.4 Å². The van der Waals surface area contributed by atoms with Crippen LogP contribution in [0.1, 0.15) is 38.8 Å². The highest BCUT2D eigenvalue weighted by Crippen LogP contribution is 2.61. The minimum Gasteiger partial charge on any atom is -0.379 e. The summed E-state index contributed by atoms with van der Waals surface area (Å²) >= 11 is 0. The number of aromatic amines is 1. The molecule has 0 radical (unpaired) electrons. The number of ether oxygens (including phenoxy) is 1. The Morgan fingerprint density at radius 3 is 2.85 bits per heavy atom. The molecule has 2 atom stereocenters. The molecule has 5 rings (SSSR count). The first-order valence-electron chi connectivity index (χ1n) is 11.1. The molecule has 4 N–H and O–H groups in total. The SMILES string of the molecule is CC(C)(C)N1Cc2cc(Nc3nn([C@H]4COCC[C@@H]4C#N)c4cc[nH]c(=O)c34)ccc2S1(O)O. The molecule has 1 saturated heterocycles. The van der Waals surface area contributed by atoms with E-state index in [-0.39, 0.29) is 17.5 Å². The molecule has 0 amide bonds. The van der Waals surface area contributed by atoms with Crippen molar-refractivity contribution in [3.8, 4) is 6.07 Å². The highest BCUT2D eigenvalue weighted by molar-refractivity contribution is 8.22. The van der Waals surface area contributed by atoms with Crippen molar-refractivity contribution in [2.24, 2.45) is 5.92 Å². The summed E-state index contributed by atoms with van der Waals surface area (Å²) in [5.74, 6) is 0.105. The lowest BCUT2D eigenvalue weighted by molar-refractivity contribution is 0.0359. The molecule has 4 heterocycles. The summed E-state index contributed by atoms with van der Waals surface area (Å²) in [6.07, 6.45) is 2.18. The Kier molecular flexibility index (Phi) is 5.46. The summed E-state index contributed by atoms with van der Waals surface area (Å²) in [6.45, 7) is 7.11. The van der Waals surface area contributed by atoms with E-state index in [1.54, 1.807) is 33.4 Å². The van der Waals surface area contributed by atoms with Gasteiger partial charge < -0.3 is 15.0 Å². The largest absolute Gasteiger partial charge is 0.379 e. The van der Waals surface area contributed by atoms with Gasteiger partial charge in [0.1, 0.15) is 5.39 Å². The summed E-state index contributed by atoms with van der Waals surface area (Å²) in [6, 6.07) is 9.15. The van der Waals surface area contributed by atoms with E-state index in [4.69, 9.17) is 9.84 Å². The molecule has 0 unspecified atom stereocenters. The molecule has 2 aliphatic rings. The van der Waals surface area contributed by atoms with Gasteiger partial charge >= 0.3 is 0 Å². The number of nitrogens with zero attached hydrogens (tertiary/aromatic N) is 4. The number of pyridine rings is 1.